The van der Waals surface area contributed by atoms with Crippen LogP contribution in [-0.4, -0.2) is 20.8 Å². The molecule has 0 bridgehead atoms. The van der Waals surface area contributed by atoms with Crippen LogP contribution in [0.4, 0.5) is 0 Å². The van der Waals surface area contributed by atoms with Crippen molar-refractivity contribution in [1.82, 2.24) is 0 Å². The first-order valence-electron chi connectivity index (χ1n) is 8.21. The number of hydrogen-bond donors (Lipinski definition) is 1. The van der Waals surface area contributed by atoms with Gasteiger partial charge < -0.3 is 15.2 Å². The zero-order valence-corrected chi connectivity index (χ0v) is 15.6. The molecule has 0 aliphatic rings. The lowest BCUT2D eigenvalue weighted by molar-refractivity contribution is 0.354. The molecular weight excluding hydrogens is 322 g/mol. The maximum Gasteiger partial charge on any atom is 0.179 e. The second kappa shape index (κ2) is 8.41. The van der Waals surface area contributed by atoms with E-state index in [0.29, 0.717) is 29.0 Å². The molecule has 0 saturated heterocycles. The highest BCUT2D eigenvalue weighted by atomic mass is 35.5. The van der Waals surface area contributed by atoms with Gasteiger partial charge in [0.25, 0.3) is 0 Å². The average molecular weight is 348 g/mol. The fraction of sp³-hybridized carbons (Fsp3) is 0.400. The first kappa shape index (κ1) is 18.6. The molecule has 0 heterocycles. The fourth-order valence-electron chi connectivity index (χ4n) is 2.84. The van der Waals surface area contributed by atoms with Crippen LogP contribution in [0.3, 0.4) is 0 Å². The molecule has 2 aromatic rings. The zero-order chi connectivity index (χ0) is 17.7. The largest absolute Gasteiger partial charge is 0.493 e. The normalized spacial score (nSPS) is 12.3. The van der Waals surface area contributed by atoms with E-state index in [9.17, 15) is 0 Å². The minimum absolute atomic E-state index is 0.210. The highest BCUT2D eigenvalue weighted by Crippen LogP contribution is 2.39. The van der Waals surface area contributed by atoms with Crippen molar-refractivity contribution >= 4 is 11.6 Å². The highest BCUT2D eigenvalue weighted by Gasteiger charge is 2.17. The van der Waals surface area contributed by atoms with Gasteiger partial charge in [-0.05, 0) is 41.6 Å². The Bertz CT molecular complexity index is 668. The van der Waals surface area contributed by atoms with Crippen LogP contribution in [0.5, 0.6) is 11.5 Å². The zero-order valence-electron chi connectivity index (χ0n) is 14.8. The molecule has 0 amide bonds. The number of nitrogens with two attached hydrogens (primary N) is 1. The van der Waals surface area contributed by atoms with Crippen molar-refractivity contribution in [3.05, 3.63) is 58.1 Å². The Morgan fingerprint density at radius 2 is 1.58 bits per heavy atom. The van der Waals surface area contributed by atoms with Gasteiger partial charge in [-0.1, -0.05) is 55.8 Å². The van der Waals surface area contributed by atoms with Crippen molar-refractivity contribution < 1.29 is 9.47 Å². The van der Waals surface area contributed by atoms with Gasteiger partial charge in [-0.15, -0.1) is 0 Å². The summed E-state index contributed by atoms with van der Waals surface area (Å²) in [6, 6.07) is 12.6. The summed E-state index contributed by atoms with van der Waals surface area (Å²) >= 11 is 6.50. The van der Waals surface area contributed by atoms with Crippen LogP contribution in [-0.2, 0) is 6.42 Å². The van der Waals surface area contributed by atoms with Crippen LogP contribution in [0.25, 0.3) is 0 Å². The maximum absolute atomic E-state index is 6.50. The first-order valence-corrected chi connectivity index (χ1v) is 8.58. The van der Waals surface area contributed by atoms with Crippen molar-refractivity contribution in [2.75, 3.05) is 20.8 Å². The van der Waals surface area contributed by atoms with Gasteiger partial charge in [-0.3, -0.25) is 0 Å². The van der Waals surface area contributed by atoms with Crippen molar-refractivity contribution in [2.24, 2.45) is 5.73 Å². The summed E-state index contributed by atoms with van der Waals surface area (Å²) in [5.41, 5.74) is 9.60. The lowest BCUT2D eigenvalue weighted by Crippen LogP contribution is -2.15. The van der Waals surface area contributed by atoms with Gasteiger partial charge in [-0.2, -0.15) is 0 Å². The minimum atomic E-state index is 0.210. The molecule has 2 rings (SSSR count). The standard InChI is InChI=1S/C20H26ClNO2/c1-13(2)14-5-7-15(8-6-14)17(12-22)11-16-9-10-18(23-3)20(24-4)19(16)21/h5-10,13,17H,11-12,22H2,1-4H3. The Morgan fingerprint density at radius 3 is 2.08 bits per heavy atom. The molecule has 0 aliphatic carbocycles. The van der Waals surface area contributed by atoms with Gasteiger partial charge in [0.2, 0.25) is 0 Å². The lowest BCUT2D eigenvalue weighted by atomic mass is 9.90. The van der Waals surface area contributed by atoms with Gasteiger partial charge in [0.15, 0.2) is 11.5 Å². The molecule has 24 heavy (non-hydrogen) atoms. The number of hydrogen-bond acceptors (Lipinski definition) is 3. The van der Waals surface area contributed by atoms with Gasteiger partial charge >= 0.3 is 0 Å². The first-order chi connectivity index (χ1) is 11.5. The highest BCUT2D eigenvalue weighted by molar-refractivity contribution is 6.33. The van der Waals surface area contributed by atoms with Crippen LogP contribution in [0.2, 0.25) is 5.02 Å². The molecule has 2 aromatic carbocycles. The van der Waals surface area contributed by atoms with Crippen molar-refractivity contribution in [1.29, 1.82) is 0 Å². The second-order valence-electron chi connectivity index (χ2n) is 6.23. The van der Waals surface area contributed by atoms with Crippen LogP contribution in [0, 0.1) is 0 Å². The van der Waals surface area contributed by atoms with Crippen molar-refractivity contribution in [3.8, 4) is 11.5 Å². The molecule has 0 saturated carbocycles. The van der Waals surface area contributed by atoms with Crippen LogP contribution in [0.15, 0.2) is 36.4 Å². The molecule has 0 fully saturated rings. The molecule has 1 unspecified atom stereocenters. The predicted octanol–water partition coefficient (Wildman–Crippen LogP) is 4.77. The third-order valence-electron chi connectivity index (χ3n) is 4.39. The third kappa shape index (κ3) is 4.03. The second-order valence-corrected chi connectivity index (χ2v) is 6.61. The van der Waals surface area contributed by atoms with E-state index in [2.05, 4.69) is 38.1 Å². The van der Waals surface area contributed by atoms with Crippen LogP contribution in [0.1, 0.15) is 42.4 Å². The molecule has 0 spiro atoms. The fourth-order valence-corrected chi connectivity index (χ4v) is 3.15. The lowest BCUT2D eigenvalue weighted by Gasteiger charge is -2.19. The van der Waals surface area contributed by atoms with Crippen LogP contribution < -0.4 is 15.2 Å². The van der Waals surface area contributed by atoms with Crippen molar-refractivity contribution in [3.63, 3.8) is 0 Å². The number of benzene rings is 2. The van der Waals surface area contributed by atoms with E-state index in [1.54, 1.807) is 14.2 Å². The smallest absolute Gasteiger partial charge is 0.179 e. The summed E-state index contributed by atoms with van der Waals surface area (Å²) < 4.78 is 10.7. The Morgan fingerprint density at radius 1 is 0.958 bits per heavy atom. The monoisotopic (exact) mass is 347 g/mol. The molecular formula is C20H26ClNO2. The van der Waals surface area contributed by atoms with Gasteiger partial charge in [0.1, 0.15) is 0 Å². The number of halogens is 1. The minimum Gasteiger partial charge on any atom is -0.493 e. The quantitative estimate of drug-likeness (QED) is 0.784. The maximum atomic E-state index is 6.50. The number of ether oxygens (including phenoxy) is 2. The predicted molar refractivity (Wildman–Crippen MR) is 101 cm³/mol. The molecule has 0 aliphatic heterocycles. The van der Waals surface area contributed by atoms with Gasteiger partial charge in [0.05, 0.1) is 19.2 Å². The molecule has 4 heteroatoms. The van der Waals surface area contributed by atoms with Crippen LogP contribution >= 0.6 is 11.6 Å². The Hall–Kier alpha value is -1.71. The summed E-state index contributed by atoms with van der Waals surface area (Å²) in [5, 5.41) is 0.592. The Kier molecular flexibility index (Phi) is 6.52. The molecule has 0 radical (unpaired) electrons. The molecule has 130 valence electrons. The number of methoxy groups -OCH3 is 2. The van der Waals surface area contributed by atoms with E-state index in [0.717, 1.165) is 12.0 Å². The summed E-state index contributed by atoms with van der Waals surface area (Å²) in [6.45, 7) is 4.95. The van der Waals surface area contributed by atoms with E-state index < -0.39 is 0 Å². The molecule has 1 atom stereocenters. The Balaban J connectivity index is 2.27. The summed E-state index contributed by atoms with van der Waals surface area (Å²) in [4.78, 5) is 0. The summed E-state index contributed by atoms with van der Waals surface area (Å²) in [7, 11) is 3.20. The summed E-state index contributed by atoms with van der Waals surface area (Å²) in [5.74, 6) is 1.94. The van der Waals surface area contributed by atoms with Gasteiger partial charge in [-0.25, -0.2) is 0 Å². The Labute approximate surface area is 149 Å². The van der Waals surface area contributed by atoms with E-state index in [1.807, 2.05) is 12.1 Å². The summed E-state index contributed by atoms with van der Waals surface area (Å²) in [6.07, 6.45) is 0.761. The van der Waals surface area contributed by atoms with Crippen molar-refractivity contribution in [2.45, 2.75) is 32.1 Å². The third-order valence-corrected chi connectivity index (χ3v) is 4.80. The average Bonchev–Trinajstić information content (AvgIpc) is 2.60. The molecule has 2 N–H and O–H groups in total. The topological polar surface area (TPSA) is 44.5 Å². The number of rotatable bonds is 7. The van der Waals surface area contributed by atoms with Gasteiger partial charge in [0, 0.05) is 5.92 Å². The van der Waals surface area contributed by atoms with E-state index >= 15 is 0 Å². The SMILES string of the molecule is COc1ccc(CC(CN)c2ccc(C(C)C)cc2)c(Cl)c1OC. The van der Waals surface area contributed by atoms with E-state index in [4.69, 9.17) is 26.8 Å². The molecule has 0 aromatic heterocycles. The van der Waals surface area contributed by atoms with E-state index in [-0.39, 0.29) is 5.92 Å². The molecule has 3 nitrogen and oxygen atoms in total. The van der Waals surface area contributed by atoms with E-state index in [1.165, 1.54) is 11.1 Å².